The molecule has 0 aliphatic carbocycles. The van der Waals surface area contributed by atoms with E-state index in [9.17, 15) is 0 Å². The van der Waals surface area contributed by atoms with Gasteiger partial charge in [-0.25, -0.2) is 0 Å². The molecule has 0 fully saturated rings. The van der Waals surface area contributed by atoms with Gasteiger partial charge in [0.2, 0.25) is 0 Å². The first-order valence-corrected chi connectivity index (χ1v) is 4.82. The number of pyridine rings is 1. The van der Waals surface area contributed by atoms with E-state index in [4.69, 9.17) is 0 Å². The number of hydrogen-bond donors (Lipinski definition) is 0. The van der Waals surface area contributed by atoms with Crippen LogP contribution in [0.15, 0.2) is 42.5 Å². The zero-order valence-corrected chi connectivity index (χ0v) is 7.90. The van der Waals surface area contributed by atoms with Crippen molar-refractivity contribution in [1.29, 1.82) is 0 Å². The third-order valence-corrected chi connectivity index (χ3v) is 2.31. The average Bonchev–Trinajstić information content (AvgIpc) is 2.16. The van der Waals surface area contributed by atoms with Crippen LogP contribution in [0.2, 0.25) is 0 Å². The van der Waals surface area contributed by atoms with Crippen LogP contribution >= 0.6 is 11.8 Å². The number of thioether (sulfide) groups is 1. The lowest BCUT2D eigenvalue weighted by Crippen LogP contribution is -1.87. The standard InChI is InChI=1S/C10H11NS/c1-4-8(2)10-9(12-3)6-5-7-11-10/h4-7H,1-2H2,3H3. The molecule has 1 nitrogen and oxygen atoms in total. The molecule has 62 valence electrons. The Bertz CT molecular complexity index is 304. The topological polar surface area (TPSA) is 12.9 Å². The SMILES string of the molecule is C=CC(=C)c1ncccc1SC. The lowest BCUT2D eigenvalue weighted by atomic mass is 10.2. The Labute approximate surface area is 77.2 Å². The molecule has 0 spiro atoms. The van der Waals surface area contributed by atoms with Gasteiger partial charge in [0.25, 0.3) is 0 Å². The van der Waals surface area contributed by atoms with Crippen LogP contribution in [0.5, 0.6) is 0 Å². The first kappa shape index (κ1) is 9.07. The summed E-state index contributed by atoms with van der Waals surface area (Å²) >= 11 is 1.67. The highest BCUT2D eigenvalue weighted by atomic mass is 32.2. The maximum absolute atomic E-state index is 4.23. The molecule has 0 unspecified atom stereocenters. The summed E-state index contributed by atoms with van der Waals surface area (Å²) in [6, 6.07) is 3.95. The second-order valence-electron chi connectivity index (χ2n) is 2.28. The highest BCUT2D eigenvalue weighted by molar-refractivity contribution is 7.98. The third-order valence-electron chi connectivity index (χ3n) is 1.54. The maximum Gasteiger partial charge on any atom is 0.0831 e. The van der Waals surface area contributed by atoms with E-state index in [2.05, 4.69) is 18.1 Å². The van der Waals surface area contributed by atoms with Crippen LogP contribution in [0, 0.1) is 0 Å². The minimum Gasteiger partial charge on any atom is -0.255 e. The van der Waals surface area contributed by atoms with Crippen molar-refractivity contribution in [3.8, 4) is 0 Å². The summed E-state index contributed by atoms with van der Waals surface area (Å²) in [5.74, 6) is 0. The van der Waals surface area contributed by atoms with E-state index < -0.39 is 0 Å². The maximum atomic E-state index is 4.23. The molecule has 0 aromatic carbocycles. The van der Waals surface area contributed by atoms with Crippen LogP contribution in [0.25, 0.3) is 5.57 Å². The van der Waals surface area contributed by atoms with Crippen LogP contribution in [0.1, 0.15) is 5.69 Å². The molecule has 0 bridgehead atoms. The fourth-order valence-electron chi connectivity index (χ4n) is 0.893. The monoisotopic (exact) mass is 177 g/mol. The van der Waals surface area contributed by atoms with E-state index in [0.29, 0.717) is 0 Å². The van der Waals surface area contributed by atoms with Gasteiger partial charge in [0.15, 0.2) is 0 Å². The van der Waals surface area contributed by atoms with E-state index in [1.165, 1.54) is 0 Å². The summed E-state index contributed by atoms with van der Waals surface area (Å²) in [4.78, 5) is 5.37. The average molecular weight is 177 g/mol. The molecule has 12 heavy (non-hydrogen) atoms. The van der Waals surface area contributed by atoms with Crippen molar-refractivity contribution in [3.63, 3.8) is 0 Å². The third kappa shape index (κ3) is 1.77. The summed E-state index contributed by atoms with van der Waals surface area (Å²) in [6.45, 7) is 7.52. The number of hydrogen-bond acceptors (Lipinski definition) is 2. The Balaban J connectivity index is 3.13. The molecule has 0 atom stereocenters. The highest BCUT2D eigenvalue weighted by Crippen LogP contribution is 2.23. The van der Waals surface area contributed by atoms with E-state index >= 15 is 0 Å². The van der Waals surface area contributed by atoms with Gasteiger partial charge in [-0.05, 0) is 24.0 Å². The zero-order chi connectivity index (χ0) is 8.97. The molecule has 1 aromatic rings. The van der Waals surface area contributed by atoms with Crippen molar-refractivity contribution in [2.45, 2.75) is 4.90 Å². The van der Waals surface area contributed by atoms with Crippen molar-refractivity contribution < 1.29 is 0 Å². The highest BCUT2D eigenvalue weighted by Gasteiger charge is 2.02. The molecule has 1 rings (SSSR count). The van der Waals surface area contributed by atoms with Gasteiger partial charge in [0.1, 0.15) is 0 Å². The van der Waals surface area contributed by atoms with Crippen LogP contribution in [-0.2, 0) is 0 Å². The van der Waals surface area contributed by atoms with Gasteiger partial charge in [-0.2, -0.15) is 0 Å². The van der Waals surface area contributed by atoms with Gasteiger partial charge >= 0.3 is 0 Å². The Kier molecular flexibility index (Phi) is 3.11. The molecule has 0 aliphatic heterocycles. The molecular formula is C10H11NS. The second-order valence-corrected chi connectivity index (χ2v) is 3.13. The minimum absolute atomic E-state index is 0.875. The summed E-state index contributed by atoms with van der Waals surface area (Å²) < 4.78 is 0. The Morgan fingerprint density at radius 2 is 2.42 bits per heavy atom. The first-order valence-electron chi connectivity index (χ1n) is 3.60. The summed E-state index contributed by atoms with van der Waals surface area (Å²) in [5, 5.41) is 0. The molecule has 0 amide bonds. The van der Waals surface area contributed by atoms with Crippen molar-refractivity contribution in [2.75, 3.05) is 6.26 Å². The van der Waals surface area contributed by atoms with Gasteiger partial charge in [0.05, 0.1) is 5.69 Å². The molecule has 1 aromatic heterocycles. The second kappa shape index (κ2) is 4.12. The lowest BCUT2D eigenvalue weighted by Gasteiger charge is -2.03. The van der Waals surface area contributed by atoms with Gasteiger partial charge < -0.3 is 0 Å². The van der Waals surface area contributed by atoms with Crippen molar-refractivity contribution in [3.05, 3.63) is 43.3 Å². The molecule has 0 saturated heterocycles. The predicted molar refractivity (Wildman–Crippen MR) is 55.2 cm³/mol. The van der Waals surface area contributed by atoms with E-state index in [-0.39, 0.29) is 0 Å². The van der Waals surface area contributed by atoms with Crippen LogP contribution in [-0.4, -0.2) is 11.2 Å². The predicted octanol–water partition coefficient (Wildman–Crippen LogP) is 3.00. The molecule has 0 radical (unpaired) electrons. The molecule has 1 heterocycles. The van der Waals surface area contributed by atoms with Crippen molar-refractivity contribution in [2.24, 2.45) is 0 Å². The fourth-order valence-corrected chi connectivity index (χ4v) is 1.48. The molecule has 0 aliphatic rings. The van der Waals surface area contributed by atoms with Crippen LogP contribution in [0.4, 0.5) is 0 Å². The lowest BCUT2D eigenvalue weighted by molar-refractivity contribution is 1.19. The minimum atomic E-state index is 0.875. The van der Waals surface area contributed by atoms with E-state index in [0.717, 1.165) is 16.2 Å². The number of nitrogens with zero attached hydrogens (tertiary/aromatic N) is 1. The molecule has 0 N–H and O–H groups in total. The Morgan fingerprint density at radius 1 is 1.67 bits per heavy atom. The Morgan fingerprint density at radius 3 is 3.00 bits per heavy atom. The summed E-state index contributed by atoms with van der Waals surface area (Å²) in [6.07, 6.45) is 5.52. The summed E-state index contributed by atoms with van der Waals surface area (Å²) in [7, 11) is 0. The van der Waals surface area contributed by atoms with Crippen LogP contribution < -0.4 is 0 Å². The fraction of sp³-hybridized carbons (Fsp3) is 0.100. The molecular weight excluding hydrogens is 166 g/mol. The number of aromatic nitrogens is 1. The van der Waals surface area contributed by atoms with Gasteiger partial charge in [-0.1, -0.05) is 19.2 Å². The van der Waals surface area contributed by atoms with Gasteiger partial charge in [-0.3, -0.25) is 4.98 Å². The largest absolute Gasteiger partial charge is 0.255 e. The number of rotatable bonds is 3. The smallest absolute Gasteiger partial charge is 0.0831 e. The first-order chi connectivity index (χ1) is 5.79. The quantitative estimate of drug-likeness (QED) is 0.520. The van der Waals surface area contributed by atoms with E-state index in [1.807, 2.05) is 18.4 Å². The van der Waals surface area contributed by atoms with E-state index in [1.54, 1.807) is 24.0 Å². The normalized spacial score (nSPS) is 9.42. The van der Waals surface area contributed by atoms with Crippen molar-refractivity contribution >= 4 is 17.3 Å². The van der Waals surface area contributed by atoms with Crippen LogP contribution in [0.3, 0.4) is 0 Å². The number of allylic oxidation sites excluding steroid dienone is 2. The molecule has 0 saturated carbocycles. The van der Waals surface area contributed by atoms with Gasteiger partial charge in [-0.15, -0.1) is 11.8 Å². The Hall–Kier alpha value is -1.02. The zero-order valence-electron chi connectivity index (χ0n) is 7.08. The van der Waals surface area contributed by atoms with Crippen molar-refractivity contribution in [1.82, 2.24) is 4.98 Å². The molecule has 2 heteroatoms. The van der Waals surface area contributed by atoms with Gasteiger partial charge in [0, 0.05) is 11.1 Å². The summed E-state index contributed by atoms with van der Waals surface area (Å²) in [5.41, 5.74) is 1.81.